The van der Waals surface area contributed by atoms with Gasteiger partial charge in [0.1, 0.15) is 23.0 Å². The van der Waals surface area contributed by atoms with E-state index >= 15 is 0 Å². The van der Waals surface area contributed by atoms with Gasteiger partial charge < -0.3 is 18.9 Å². The van der Waals surface area contributed by atoms with Crippen LogP contribution in [0.3, 0.4) is 0 Å². The number of rotatable bonds is 13. The molecular weight excluding hydrogens is 506 g/mol. The standard InChI is InChI=1S/C29H31NO7S/c1-34-24-12-20(13-25(17-24)35-2)14-26(29(33)36-3)21-6-5-7-23(16-21)37-22-10-8-19(9-11-22)15-27(38-4)28(32)30-18-31/h5-13,16-18,26-27H,14-15H2,1-4H3,(H,30,31,32). The summed E-state index contributed by atoms with van der Waals surface area (Å²) in [6.45, 7) is 0. The summed E-state index contributed by atoms with van der Waals surface area (Å²) in [5.74, 6) is 1.19. The van der Waals surface area contributed by atoms with Crippen molar-refractivity contribution in [1.29, 1.82) is 0 Å². The number of hydrogen-bond acceptors (Lipinski definition) is 8. The van der Waals surface area contributed by atoms with E-state index < -0.39 is 5.92 Å². The zero-order chi connectivity index (χ0) is 27.5. The van der Waals surface area contributed by atoms with Gasteiger partial charge in [0.15, 0.2) is 0 Å². The van der Waals surface area contributed by atoms with Gasteiger partial charge in [-0.15, -0.1) is 0 Å². The predicted octanol–water partition coefficient (Wildman–Crippen LogP) is 4.54. The average molecular weight is 538 g/mol. The maximum absolute atomic E-state index is 12.8. The summed E-state index contributed by atoms with van der Waals surface area (Å²) in [6, 6.07) is 20.2. The van der Waals surface area contributed by atoms with Gasteiger partial charge in [0, 0.05) is 6.07 Å². The van der Waals surface area contributed by atoms with E-state index in [4.69, 9.17) is 18.9 Å². The number of nitrogens with one attached hydrogen (secondary N) is 1. The zero-order valence-electron chi connectivity index (χ0n) is 21.8. The SMILES string of the molecule is COC(=O)C(Cc1cc(OC)cc(OC)c1)c1cccc(Oc2ccc(CC(SC)C(=O)NC=O)cc2)c1. The van der Waals surface area contributed by atoms with Crippen molar-refractivity contribution < 1.29 is 33.3 Å². The van der Waals surface area contributed by atoms with Crippen molar-refractivity contribution in [2.75, 3.05) is 27.6 Å². The smallest absolute Gasteiger partial charge is 0.313 e. The zero-order valence-corrected chi connectivity index (χ0v) is 22.6. The largest absolute Gasteiger partial charge is 0.497 e. The lowest BCUT2D eigenvalue weighted by atomic mass is 9.91. The molecule has 2 amide bonds. The van der Waals surface area contributed by atoms with Gasteiger partial charge >= 0.3 is 5.97 Å². The van der Waals surface area contributed by atoms with Crippen molar-refractivity contribution in [3.05, 3.63) is 83.4 Å². The molecule has 200 valence electrons. The minimum absolute atomic E-state index is 0.322. The molecule has 0 aliphatic rings. The number of imide groups is 1. The molecule has 1 N–H and O–H groups in total. The Morgan fingerprint density at radius 3 is 2.11 bits per heavy atom. The van der Waals surface area contributed by atoms with E-state index in [0.29, 0.717) is 42.2 Å². The molecule has 0 aromatic heterocycles. The van der Waals surface area contributed by atoms with Crippen LogP contribution in [-0.4, -0.2) is 51.1 Å². The van der Waals surface area contributed by atoms with E-state index in [1.54, 1.807) is 20.3 Å². The molecule has 3 aromatic rings. The van der Waals surface area contributed by atoms with Gasteiger partial charge in [-0.3, -0.25) is 19.7 Å². The van der Waals surface area contributed by atoms with Gasteiger partial charge in [-0.25, -0.2) is 0 Å². The second-order valence-electron chi connectivity index (χ2n) is 8.37. The van der Waals surface area contributed by atoms with Crippen molar-refractivity contribution in [2.24, 2.45) is 0 Å². The molecule has 0 saturated carbocycles. The minimum atomic E-state index is -0.566. The molecule has 0 bridgehead atoms. The summed E-state index contributed by atoms with van der Waals surface area (Å²) < 4.78 is 21.9. The lowest BCUT2D eigenvalue weighted by Gasteiger charge is -2.17. The van der Waals surface area contributed by atoms with Gasteiger partial charge in [-0.1, -0.05) is 24.3 Å². The van der Waals surface area contributed by atoms with Crippen LogP contribution in [0, 0.1) is 0 Å². The highest BCUT2D eigenvalue weighted by atomic mass is 32.2. The molecule has 0 fully saturated rings. The normalized spacial score (nSPS) is 12.1. The van der Waals surface area contributed by atoms with E-state index in [9.17, 15) is 14.4 Å². The summed E-state index contributed by atoms with van der Waals surface area (Å²) in [7, 11) is 4.53. The minimum Gasteiger partial charge on any atom is -0.497 e. The van der Waals surface area contributed by atoms with E-state index in [2.05, 4.69) is 5.32 Å². The Hall–Kier alpha value is -3.98. The lowest BCUT2D eigenvalue weighted by molar-refractivity contribution is -0.142. The van der Waals surface area contributed by atoms with Gasteiger partial charge in [0.2, 0.25) is 12.3 Å². The third kappa shape index (κ3) is 7.76. The third-order valence-electron chi connectivity index (χ3n) is 5.96. The summed E-state index contributed by atoms with van der Waals surface area (Å²) in [5, 5.41) is 1.83. The number of ether oxygens (including phenoxy) is 4. The number of methoxy groups -OCH3 is 3. The molecule has 0 radical (unpaired) electrons. The number of thioether (sulfide) groups is 1. The van der Waals surface area contributed by atoms with Gasteiger partial charge in [-0.2, -0.15) is 11.8 Å². The molecule has 8 nitrogen and oxygen atoms in total. The Labute approximate surface area is 226 Å². The molecule has 0 aliphatic carbocycles. The van der Waals surface area contributed by atoms with Gasteiger partial charge in [-0.05, 0) is 72.2 Å². The first-order valence-corrected chi connectivity index (χ1v) is 13.1. The number of esters is 1. The first-order valence-electron chi connectivity index (χ1n) is 11.8. The Morgan fingerprint density at radius 2 is 1.53 bits per heavy atom. The molecule has 2 atom stereocenters. The highest BCUT2D eigenvalue weighted by molar-refractivity contribution is 7.99. The van der Waals surface area contributed by atoms with E-state index in [0.717, 1.165) is 16.7 Å². The van der Waals surface area contributed by atoms with Crippen molar-refractivity contribution in [1.82, 2.24) is 5.32 Å². The number of benzene rings is 3. The summed E-state index contributed by atoms with van der Waals surface area (Å²) in [5.41, 5.74) is 2.55. The van der Waals surface area contributed by atoms with Crippen molar-refractivity contribution >= 4 is 30.0 Å². The maximum Gasteiger partial charge on any atom is 0.313 e. The molecule has 9 heteroatoms. The van der Waals surface area contributed by atoms with Crippen LogP contribution in [0.15, 0.2) is 66.7 Å². The van der Waals surface area contributed by atoms with E-state index in [1.807, 2.05) is 66.9 Å². The first-order chi connectivity index (χ1) is 18.4. The molecule has 3 aromatic carbocycles. The molecule has 0 heterocycles. The Balaban J connectivity index is 1.77. The third-order valence-corrected chi connectivity index (χ3v) is 6.91. The van der Waals surface area contributed by atoms with Crippen molar-refractivity contribution in [3.8, 4) is 23.0 Å². The topological polar surface area (TPSA) is 100 Å². The van der Waals surface area contributed by atoms with Crippen LogP contribution >= 0.6 is 11.8 Å². The van der Waals surface area contributed by atoms with Crippen LogP contribution in [-0.2, 0) is 32.0 Å². The highest BCUT2D eigenvalue weighted by Gasteiger charge is 2.23. The van der Waals surface area contributed by atoms with Crippen LogP contribution in [0.5, 0.6) is 23.0 Å². The molecule has 0 saturated heterocycles. The maximum atomic E-state index is 12.8. The number of amides is 2. The predicted molar refractivity (Wildman–Crippen MR) is 146 cm³/mol. The number of hydrogen-bond donors (Lipinski definition) is 1. The fraction of sp³-hybridized carbons (Fsp3) is 0.276. The average Bonchev–Trinajstić information content (AvgIpc) is 2.95. The summed E-state index contributed by atoms with van der Waals surface area (Å²) in [6.07, 6.45) is 3.08. The number of carbonyl (C=O) groups is 3. The first kappa shape index (κ1) is 28.6. The Bertz CT molecular complexity index is 1220. The molecule has 0 aliphatic heterocycles. The van der Waals surface area contributed by atoms with Crippen LogP contribution in [0.4, 0.5) is 0 Å². The fourth-order valence-electron chi connectivity index (χ4n) is 3.97. The second-order valence-corrected chi connectivity index (χ2v) is 9.41. The second kappa shape index (κ2) is 14.1. The van der Waals surface area contributed by atoms with Crippen LogP contribution in [0.1, 0.15) is 22.6 Å². The van der Waals surface area contributed by atoms with Crippen LogP contribution < -0.4 is 19.5 Å². The molecule has 3 rings (SSSR count). The quantitative estimate of drug-likeness (QED) is 0.251. The monoisotopic (exact) mass is 537 g/mol. The fourth-order valence-corrected chi connectivity index (χ4v) is 4.61. The Kier molecular flexibility index (Phi) is 10.6. The summed E-state index contributed by atoms with van der Waals surface area (Å²) >= 11 is 1.38. The van der Waals surface area contributed by atoms with Gasteiger partial charge in [0.05, 0.1) is 32.5 Å². The summed E-state index contributed by atoms with van der Waals surface area (Å²) in [4.78, 5) is 35.3. The van der Waals surface area contributed by atoms with E-state index in [1.165, 1.54) is 18.9 Å². The van der Waals surface area contributed by atoms with Crippen LogP contribution in [0.2, 0.25) is 0 Å². The molecule has 38 heavy (non-hydrogen) atoms. The molecular formula is C29H31NO7S. The lowest BCUT2D eigenvalue weighted by Crippen LogP contribution is -2.32. The van der Waals surface area contributed by atoms with E-state index in [-0.39, 0.29) is 17.1 Å². The molecule has 0 spiro atoms. The highest BCUT2D eigenvalue weighted by Crippen LogP contribution is 2.31. The van der Waals surface area contributed by atoms with Gasteiger partial charge in [0.25, 0.3) is 0 Å². The molecule has 2 unspecified atom stereocenters. The van der Waals surface area contributed by atoms with Crippen LogP contribution in [0.25, 0.3) is 0 Å². The van der Waals surface area contributed by atoms with Crippen molar-refractivity contribution in [2.45, 2.75) is 24.0 Å². The number of carbonyl (C=O) groups excluding carboxylic acids is 3. The Morgan fingerprint density at radius 1 is 0.842 bits per heavy atom. The van der Waals surface area contributed by atoms with Crippen molar-refractivity contribution in [3.63, 3.8) is 0 Å².